The number of nitrogens with two attached hydrogens (primary N) is 1. The number of ether oxygens (including phenoxy) is 1. The summed E-state index contributed by atoms with van der Waals surface area (Å²) in [5.41, 5.74) is 10.3. The Morgan fingerprint density at radius 2 is 1.88 bits per heavy atom. The number of hydrogen-bond donors (Lipinski definition) is 1. The highest BCUT2D eigenvalue weighted by Crippen LogP contribution is 2.44. The molecule has 6 nitrogen and oxygen atoms in total. The van der Waals surface area contributed by atoms with E-state index in [4.69, 9.17) is 15.3 Å². The molecule has 2 N–H and O–H groups in total. The van der Waals surface area contributed by atoms with Crippen LogP contribution in [0.25, 0.3) is 11.3 Å². The van der Waals surface area contributed by atoms with Gasteiger partial charge in [0.1, 0.15) is 18.8 Å². The Hall–Kier alpha value is -2.47. The standard InChI is InChI=1S/C18H22N4O2/c1-4-23-9-10-24-22-16-13-8-6-5-7-12(13)15-14(18(16,2)3)17(19)21-11-20-15/h5-8,11H,4,9-10H2,1-3H3,(H2,19,20,21). The molecule has 0 atom stereocenters. The fourth-order valence-electron chi connectivity index (χ4n) is 3.08. The Labute approximate surface area is 141 Å². The molecule has 0 aliphatic heterocycles. The van der Waals surface area contributed by atoms with E-state index in [1.165, 1.54) is 6.33 Å². The molecule has 6 heteroatoms. The van der Waals surface area contributed by atoms with Crippen molar-refractivity contribution >= 4 is 11.5 Å². The van der Waals surface area contributed by atoms with E-state index < -0.39 is 5.41 Å². The lowest BCUT2D eigenvalue weighted by atomic mass is 9.70. The van der Waals surface area contributed by atoms with Crippen molar-refractivity contribution in [2.75, 3.05) is 25.6 Å². The van der Waals surface area contributed by atoms with Crippen LogP contribution in [0, 0.1) is 0 Å². The number of hydrogen-bond acceptors (Lipinski definition) is 6. The van der Waals surface area contributed by atoms with Crippen molar-refractivity contribution in [3.8, 4) is 11.3 Å². The van der Waals surface area contributed by atoms with Gasteiger partial charge in [0.05, 0.1) is 18.0 Å². The minimum atomic E-state index is -0.458. The molecule has 1 aromatic carbocycles. The summed E-state index contributed by atoms with van der Waals surface area (Å²) >= 11 is 0. The fraction of sp³-hybridized carbons (Fsp3) is 0.389. The van der Waals surface area contributed by atoms with Crippen LogP contribution >= 0.6 is 0 Å². The van der Waals surface area contributed by atoms with Crippen molar-refractivity contribution < 1.29 is 9.57 Å². The van der Waals surface area contributed by atoms with E-state index in [1.807, 2.05) is 31.2 Å². The van der Waals surface area contributed by atoms with Gasteiger partial charge < -0.3 is 15.3 Å². The number of anilines is 1. The summed E-state index contributed by atoms with van der Waals surface area (Å²) in [7, 11) is 0. The Balaban J connectivity index is 2.07. The molecule has 1 heterocycles. The third-order valence-corrected chi connectivity index (χ3v) is 4.21. The first-order chi connectivity index (χ1) is 11.6. The van der Waals surface area contributed by atoms with Gasteiger partial charge in [0.2, 0.25) is 0 Å². The van der Waals surface area contributed by atoms with Crippen LogP contribution in [0.3, 0.4) is 0 Å². The first-order valence-corrected chi connectivity index (χ1v) is 8.06. The first-order valence-electron chi connectivity index (χ1n) is 8.06. The van der Waals surface area contributed by atoms with Crippen molar-refractivity contribution in [1.29, 1.82) is 0 Å². The molecule has 1 aromatic heterocycles. The largest absolute Gasteiger partial charge is 0.393 e. The van der Waals surface area contributed by atoms with Gasteiger partial charge in [-0.05, 0) is 20.8 Å². The quantitative estimate of drug-likeness (QED) is 0.675. The van der Waals surface area contributed by atoms with Gasteiger partial charge in [-0.1, -0.05) is 29.4 Å². The number of nitrogen functional groups attached to an aromatic ring is 1. The van der Waals surface area contributed by atoms with Crippen LogP contribution in [0.4, 0.5) is 5.82 Å². The summed E-state index contributed by atoms with van der Waals surface area (Å²) < 4.78 is 5.29. The average Bonchev–Trinajstić information content (AvgIpc) is 2.57. The molecule has 0 saturated heterocycles. The van der Waals surface area contributed by atoms with Gasteiger partial charge in [0, 0.05) is 28.7 Å². The Morgan fingerprint density at radius 1 is 1.12 bits per heavy atom. The molecular formula is C18H22N4O2. The van der Waals surface area contributed by atoms with Crippen molar-refractivity contribution in [2.24, 2.45) is 5.16 Å². The summed E-state index contributed by atoms with van der Waals surface area (Å²) in [6, 6.07) is 8.02. The minimum absolute atomic E-state index is 0.406. The third kappa shape index (κ3) is 2.73. The molecule has 0 spiro atoms. The molecule has 0 fully saturated rings. The van der Waals surface area contributed by atoms with Gasteiger partial charge >= 0.3 is 0 Å². The lowest BCUT2D eigenvalue weighted by molar-refractivity contribution is 0.0555. The SMILES string of the molecule is CCOCCON=C1c2ccccc2-c2ncnc(N)c2C1(C)C. The summed E-state index contributed by atoms with van der Waals surface area (Å²) in [5, 5.41) is 4.41. The Morgan fingerprint density at radius 3 is 2.62 bits per heavy atom. The second kappa shape index (κ2) is 6.57. The summed E-state index contributed by atoms with van der Waals surface area (Å²) in [6.45, 7) is 7.65. The van der Waals surface area contributed by atoms with Gasteiger partial charge in [-0.25, -0.2) is 9.97 Å². The smallest absolute Gasteiger partial charge is 0.140 e. The van der Waals surface area contributed by atoms with Crippen LogP contribution < -0.4 is 5.73 Å². The van der Waals surface area contributed by atoms with E-state index in [0.29, 0.717) is 25.6 Å². The first kappa shape index (κ1) is 16.4. The summed E-state index contributed by atoms with van der Waals surface area (Å²) in [6.07, 6.45) is 1.50. The Kier molecular flexibility index (Phi) is 4.49. The van der Waals surface area contributed by atoms with E-state index in [1.54, 1.807) is 0 Å². The number of benzene rings is 1. The molecule has 3 rings (SSSR count). The number of nitrogens with zero attached hydrogens (tertiary/aromatic N) is 3. The maximum atomic E-state index is 6.16. The minimum Gasteiger partial charge on any atom is -0.393 e. The molecule has 24 heavy (non-hydrogen) atoms. The third-order valence-electron chi connectivity index (χ3n) is 4.21. The van der Waals surface area contributed by atoms with Crippen LogP contribution in [-0.4, -0.2) is 35.5 Å². The molecule has 0 unspecified atom stereocenters. The molecular weight excluding hydrogens is 304 g/mol. The lowest BCUT2D eigenvalue weighted by Crippen LogP contribution is -2.36. The molecule has 2 aromatic rings. The fourth-order valence-corrected chi connectivity index (χ4v) is 3.08. The highest BCUT2D eigenvalue weighted by molar-refractivity contribution is 6.15. The molecule has 126 valence electrons. The maximum Gasteiger partial charge on any atom is 0.140 e. The zero-order chi connectivity index (χ0) is 17.2. The zero-order valence-corrected chi connectivity index (χ0v) is 14.2. The number of oxime groups is 1. The van der Waals surface area contributed by atoms with Crippen molar-refractivity contribution in [3.05, 3.63) is 41.7 Å². The van der Waals surface area contributed by atoms with Crippen LogP contribution in [0.2, 0.25) is 0 Å². The normalized spacial score (nSPS) is 16.5. The second-order valence-electron chi connectivity index (χ2n) is 6.12. The van der Waals surface area contributed by atoms with E-state index >= 15 is 0 Å². The van der Waals surface area contributed by atoms with Crippen LogP contribution in [0.15, 0.2) is 35.7 Å². The highest BCUT2D eigenvalue weighted by atomic mass is 16.6. The highest BCUT2D eigenvalue weighted by Gasteiger charge is 2.40. The molecule has 1 aliphatic rings. The topological polar surface area (TPSA) is 82.6 Å². The number of rotatable bonds is 5. The van der Waals surface area contributed by atoms with Crippen molar-refractivity contribution in [3.63, 3.8) is 0 Å². The van der Waals surface area contributed by atoms with Gasteiger partial charge in [0.25, 0.3) is 0 Å². The van der Waals surface area contributed by atoms with Gasteiger partial charge in [0.15, 0.2) is 0 Å². The maximum absolute atomic E-state index is 6.16. The van der Waals surface area contributed by atoms with E-state index in [-0.39, 0.29) is 0 Å². The van der Waals surface area contributed by atoms with E-state index in [2.05, 4.69) is 29.0 Å². The number of fused-ring (bicyclic) bond motifs is 3. The predicted molar refractivity (Wildman–Crippen MR) is 93.9 cm³/mol. The van der Waals surface area contributed by atoms with E-state index in [9.17, 15) is 0 Å². The summed E-state index contributed by atoms with van der Waals surface area (Å²) in [4.78, 5) is 14.1. The van der Waals surface area contributed by atoms with Gasteiger partial charge in [-0.2, -0.15) is 0 Å². The van der Waals surface area contributed by atoms with Gasteiger partial charge in [-0.3, -0.25) is 0 Å². The van der Waals surface area contributed by atoms with Crippen LogP contribution in [0.5, 0.6) is 0 Å². The lowest BCUT2D eigenvalue weighted by Gasteiger charge is -2.34. The summed E-state index contributed by atoms with van der Waals surface area (Å²) in [5.74, 6) is 0.474. The molecule has 1 aliphatic carbocycles. The van der Waals surface area contributed by atoms with Crippen LogP contribution in [0.1, 0.15) is 31.9 Å². The van der Waals surface area contributed by atoms with Crippen molar-refractivity contribution in [1.82, 2.24) is 9.97 Å². The average molecular weight is 326 g/mol. The molecule has 0 bridgehead atoms. The molecule has 0 saturated carbocycles. The van der Waals surface area contributed by atoms with E-state index in [0.717, 1.165) is 28.1 Å². The number of aromatic nitrogens is 2. The Bertz CT molecular complexity index is 771. The molecule has 0 amide bonds. The van der Waals surface area contributed by atoms with Gasteiger partial charge in [-0.15, -0.1) is 0 Å². The second-order valence-corrected chi connectivity index (χ2v) is 6.12. The van der Waals surface area contributed by atoms with Crippen LogP contribution in [-0.2, 0) is 15.0 Å². The zero-order valence-electron chi connectivity index (χ0n) is 14.2. The molecule has 0 radical (unpaired) electrons. The van der Waals surface area contributed by atoms with Crippen molar-refractivity contribution in [2.45, 2.75) is 26.2 Å². The predicted octanol–water partition coefficient (Wildman–Crippen LogP) is 2.77. The monoisotopic (exact) mass is 326 g/mol.